The van der Waals surface area contributed by atoms with Gasteiger partial charge < -0.3 is 24.8 Å². The number of anilines is 1. The third-order valence-corrected chi connectivity index (χ3v) is 5.61. The minimum Gasteiger partial charge on any atom is -0.375 e. The number of nitrogens with zero attached hydrogens (tertiary/aromatic N) is 4. The molecular formula is C24H32N6O. The van der Waals surface area contributed by atoms with Gasteiger partial charge >= 0.3 is 0 Å². The van der Waals surface area contributed by atoms with Crippen molar-refractivity contribution in [1.82, 2.24) is 20.2 Å². The van der Waals surface area contributed by atoms with Gasteiger partial charge in [0.1, 0.15) is 5.82 Å². The Morgan fingerprint density at radius 1 is 1.23 bits per heavy atom. The third kappa shape index (κ3) is 5.55. The normalized spacial score (nSPS) is 17.2. The number of fused-ring (bicyclic) bond motifs is 1. The molecule has 0 aliphatic carbocycles. The molecule has 0 spiro atoms. The van der Waals surface area contributed by atoms with Crippen molar-refractivity contribution in [2.75, 3.05) is 38.2 Å². The summed E-state index contributed by atoms with van der Waals surface area (Å²) >= 11 is 0. The van der Waals surface area contributed by atoms with Crippen LogP contribution in [0.2, 0.25) is 0 Å². The van der Waals surface area contributed by atoms with Gasteiger partial charge in [0, 0.05) is 57.7 Å². The van der Waals surface area contributed by atoms with E-state index in [2.05, 4.69) is 79.6 Å². The molecule has 4 rings (SSSR count). The van der Waals surface area contributed by atoms with E-state index in [1.54, 1.807) is 0 Å². The first kappa shape index (κ1) is 21.2. The van der Waals surface area contributed by atoms with Gasteiger partial charge in [-0.2, -0.15) is 0 Å². The summed E-state index contributed by atoms with van der Waals surface area (Å²) < 4.78 is 7.94. The van der Waals surface area contributed by atoms with Gasteiger partial charge in [-0.15, -0.1) is 0 Å². The number of hydrogen-bond acceptors (Lipinski definition) is 4. The number of para-hydroxylation sites is 1. The maximum absolute atomic E-state index is 5.64. The van der Waals surface area contributed by atoms with Crippen molar-refractivity contribution < 1.29 is 4.74 Å². The van der Waals surface area contributed by atoms with E-state index in [9.17, 15) is 0 Å². The van der Waals surface area contributed by atoms with Crippen molar-refractivity contribution in [3.63, 3.8) is 0 Å². The van der Waals surface area contributed by atoms with Crippen molar-refractivity contribution in [1.29, 1.82) is 0 Å². The number of pyridine rings is 1. The molecule has 1 unspecified atom stereocenters. The van der Waals surface area contributed by atoms with Gasteiger partial charge in [0.05, 0.1) is 12.7 Å². The molecule has 1 fully saturated rings. The predicted molar refractivity (Wildman–Crippen MR) is 127 cm³/mol. The van der Waals surface area contributed by atoms with E-state index >= 15 is 0 Å². The van der Waals surface area contributed by atoms with Crippen LogP contribution in [0.25, 0.3) is 10.9 Å². The SMILES string of the molecule is CN=C(NCCCn1ccc2ccccc21)NCc1ccnc(N2CCOC(C)C2)c1. The van der Waals surface area contributed by atoms with Gasteiger partial charge in [0.25, 0.3) is 0 Å². The molecule has 0 amide bonds. The number of guanidine groups is 1. The topological polar surface area (TPSA) is 66.7 Å². The Bertz CT molecular complexity index is 1010. The number of rotatable bonds is 7. The summed E-state index contributed by atoms with van der Waals surface area (Å²) in [6.45, 7) is 7.16. The molecule has 0 saturated carbocycles. The van der Waals surface area contributed by atoms with Crippen LogP contribution in [0, 0.1) is 0 Å². The molecular weight excluding hydrogens is 388 g/mol. The molecule has 0 radical (unpaired) electrons. The summed E-state index contributed by atoms with van der Waals surface area (Å²) in [5, 5.41) is 8.11. The molecule has 2 aromatic heterocycles. The lowest BCUT2D eigenvalue weighted by Gasteiger charge is -2.32. The van der Waals surface area contributed by atoms with Crippen molar-refractivity contribution in [3.8, 4) is 0 Å². The summed E-state index contributed by atoms with van der Waals surface area (Å²) in [4.78, 5) is 11.2. The first-order valence-corrected chi connectivity index (χ1v) is 11.0. The van der Waals surface area contributed by atoms with E-state index in [4.69, 9.17) is 4.74 Å². The van der Waals surface area contributed by atoms with E-state index in [1.807, 2.05) is 19.3 Å². The average molecular weight is 421 g/mol. The number of ether oxygens (including phenoxy) is 1. The summed E-state index contributed by atoms with van der Waals surface area (Å²) in [5.74, 6) is 1.83. The Morgan fingerprint density at radius 2 is 2.13 bits per heavy atom. The van der Waals surface area contributed by atoms with Gasteiger partial charge in [-0.3, -0.25) is 4.99 Å². The Labute approximate surface area is 184 Å². The van der Waals surface area contributed by atoms with E-state index < -0.39 is 0 Å². The number of morpholine rings is 1. The highest BCUT2D eigenvalue weighted by atomic mass is 16.5. The second kappa shape index (κ2) is 10.3. The van der Waals surface area contributed by atoms with E-state index in [0.717, 1.165) is 51.0 Å². The Hall–Kier alpha value is -3.06. The van der Waals surface area contributed by atoms with Gasteiger partial charge in [-0.25, -0.2) is 4.98 Å². The molecule has 3 heterocycles. The molecule has 1 aliphatic heterocycles. The quantitative estimate of drug-likeness (QED) is 0.349. The predicted octanol–water partition coefficient (Wildman–Crippen LogP) is 3.02. The van der Waals surface area contributed by atoms with E-state index in [-0.39, 0.29) is 6.10 Å². The van der Waals surface area contributed by atoms with Gasteiger partial charge in [0.2, 0.25) is 0 Å². The van der Waals surface area contributed by atoms with Crippen molar-refractivity contribution in [3.05, 3.63) is 60.4 Å². The van der Waals surface area contributed by atoms with E-state index in [1.165, 1.54) is 16.5 Å². The highest BCUT2D eigenvalue weighted by Crippen LogP contribution is 2.17. The van der Waals surface area contributed by atoms with E-state index in [0.29, 0.717) is 6.54 Å². The third-order valence-electron chi connectivity index (χ3n) is 5.61. The molecule has 31 heavy (non-hydrogen) atoms. The second-order valence-corrected chi connectivity index (χ2v) is 7.92. The van der Waals surface area contributed by atoms with Crippen molar-refractivity contribution in [2.24, 2.45) is 4.99 Å². The molecule has 1 saturated heterocycles. The van der Waals surface area contributed by atoms with Crippen LogP contribution in [0.5, 0.6) is 0 Å². The maximum Gasteiger partial charge on any atom is 0.191 e. The molecule has 1 aromatic carbocycles. The standard InChI is InChI=1S/C24H32N6O/c1-19-18-30(14-15-31-19)23-16-20(8-11-26-23)17-28-24(25-2)27-10-5-12-29-13-9-21-6-3-4-7-22(21)29/h3-4,6-9,11,13,16,19H,5,10,12,14-15,17-18H2,1-2H3,(H2,25,27,28). The first-order valence-electron chi connectivity index (χ1n) is 11.0. The smallest absolute Gasteiger partial charge is 0.191 e. The largest absolute Gasteiger partial charge is 0.375 e. The number of nitrogens with one attached hydrogen (secondary N) is 2. The summed E-state index contributed by atoms with van der Waals surface area (Å²) in [6, 6.07) is 14.9. The molecule has 1 atom stereocenters. The Morgan fingerprint density at radius 3 is 3.00 bits per heavy atom. The Kier molecular flexibility index (Phi) is 7.04. The van der Waals surface area contributed by atoms with Crippen molar-refractivity contribution in [2.45, 2.75) is 32.5 Å². The van der Waals surface area contributed by atoms with Crippen LogP contribution in [-0.2, 0) is 17.8 Å². The van der Waals surface area contributed by atoms with Crippen molar-refractivity contribution >= 4 is 22.7 Å². The minimum absolute atomic E-state index is 0.241. The van der Waals surface area contributed by atoms with Crippen LogP contribution in [0.4, 0.5) is 5.82 Å². The summed E-state index contributed by atoms with van der Waals surface area (Å²) in [5.41, 5.74) is 2.47. The molecule has 7 nitrogen and oxygen atoms in total. The number of hydrogen-bond donors (Lipinski definition) is 2. The fourth-order valence-electron chi connectivity index (χ4n) is 3.97. The zero-order valence-corrected chi connectivity index (χ0v) is 18.4. The van der Waals surface area contributed by atoms with Crippen LogP contribution < -0.4 is 15.5 Å². The first-order chi connectivity index (χ1) is 15.2. The summed E-state index contributed by atoms with van der Waals surface area (Å²) in [6.07, 6.45) is 5.30. The Balaban J connectivity index is 1.24. The monoisotopic (exact) mass is 420 g/mol. The van der Waals surface area contributed by atoms with Crippen LogP contribution in [0.15, 0.2) is 59.9 Å². The molecule has 1 aliphatic rings. The van der Waals surface area contributed by atoms with Gasteiger partial charge in [0.15, 0.2) is 5.96 Å². The fourth-order valence-corrected chi connectivity index (χ4v) is 3.97. The van der Waals surface area contributed by atoms with Gasteiger partial charge in [-0.1, -0.05) is 18.2 Å². The summed E-state index contributed by atoms with van der Waals surface area (Å²) in [7, 11) is 1.81. The molecule has 3 aromatic rings. The lowest BCUT2D eigenvalue weighted by atomic mass is 10.2. The number of benzene rings is 1. The number of aryl methyl sites for hydroxylation is 1. The van der Waals surface area contributed by atoms with Crippen LogP contribution in [-0.4, -0.2) is 54.9 Å². The molecule has 2 N–H and O–H groups in total. The number of aromatic nitrogens is 2. The lowest BCUT2D eigenvalue weighted by Crippen LogP contribution is -2.41. The minimum atomic E-state index is 0.241. The van der Waals surface area contributed by atoms with Crippen LogP contribution in [0.1, 0.15) is 18.9 Å². The maximum atomic E-state index is 5.64. The van der Waals surface area contributed by atoms with Crippen LogP contribution >= 0.6 is 0 Å². The number of aliphatic imine (C=N–C) groups is 1. The highest BCUT2D eigenvalue weighted by molar-refractivity contribution is 5.80. The zero-order chi connectivity index (χ0) is 21.5. The molecule has 164 valence electrons. The molecule has 0 bridgehead atoms. The van der Waals surface area contributed by atoms with Gasteiger partial charge in [-0.05, 0) is 48.6 Å². The zero-order valence-electron chi connectivity index (χ0n) is 18.4. The average Bonchev–Trinajstić information content (AvgIpc) is 3.22. The highest BCUT2D eigenvalue weighted by Gasteiger charge is 2.18. The molecule has 7 heteroatoms. The van der Waals surface area contributed by atoms with Crippen LogP contribution in [0.3, 0.4) is 0 Å². The second-order valence-electron chi connectivity index (χ2n) is 7.92. The fraction of sp³-hybridized carbons (Fsp3) is 0.417. The lowest BCUT2D eigenvalue weighted by molar-refractivity contribution is 0.0529.